The fourth-order valence-electron chi connectivity index (χ4n) is 3.36. The van der Waals surface area contributed by atoms with Gasteiger partial charge >= 0.3 is 5.97 Å². The number of carbonyl (C=O) groups excluding carboxylic acids is 2. The van der Waals surface area contributed by atoms with E-state index < -0.39 is 5.97 Å². The highest BCUT2D eigenvalue weighted by Gasteiger charge is 2.23. The van der Waals surface area contributed by atoms with Crippen LogP contribution in [0.1, 0.15) is 50.6 Å². The summed E-state index contributed by atoms with van der Waals surface area (Å²) < 4.78 is 4.80. The fourth-order valence-corrected chi connectivity index (χ4v) is 3.36. The molecule has 1 aromatic heterocycles. The van der Waals surface area contributed by atoms with Crippen molar-refractivity contribution < 1.29 is 14.3 Å². The molecule has 2 N–H and O–H groups in total. The molecule has 2 aromatic carbocycles. The Balaban J connectivity index is 1.89. The number of methoxy groups -OCH3 is 1. The number of fused-ring (bicyclic) bond motifs is 1. The lowest BCUT2D eigenvalue weighted by atomic mass is 9.99. The van der Waals surface area contributed by atoms with E-state index in [0.717, 1.165) is 16.3 Å². The van der Waals surface area contributed by atoms with Crippen LogP contribution in [0.25, 0.3) is 10.8 Å². The van der Waals surface area contributed by atoms with Crippen molar-refractivity contribution >= 4 is 22.6 Å². The Morgan fingerprint density at radius 1 is 1.08 bits per heavy atom. The normalized spacial score (nSPS) is 12.0. The second-order valence-corrected chi connectivity index (χ2v) is 6.38. The Hall–Kier alpha value is -3.08. The second-order valence-electron chi connectivity index (χ2n) is 6.38. The average molecular weight is 350 g/mol. The molecule has 0 bridgehead atoms. The number of nitrogens with one attached hydrogen (secondary N) is 2. The summed E-state index contributed by atoms with van der Waals surface area (Å²) in [6.45, 7) is 5.45. The van der Waals surface area contributed by atoms with Gasteiger partial charge in [-0.1, -0.05) is 42.5 Å². The van der Waals surface area contributed by atoms with Crippen molar-refractivity contribution in [2.24, 2.45) is 0 Å². The smallest absolute Gasteiger partial charge is 0.339 e. The van der Waals surface area contributed by atoms with Crippen LogP contribution in [0.3, 0.4) is 0 Å². The van der Waals surface area contributed by atoms with E-state index in [-0.39, 0.29) is 11.9 Å². The van der Waals surface area contributed by atoms with E-state index in [0.29, 0.717) is 22.5 Å². The van der Waals surface area contributed by atoms with Crippen molar-refractivity contribution in [1.82, 2.24) is 10.3 Å². The molecule has 1 heterocycles. The number of rotatable bonds is 4. The molecule has 0 spiro atoms. The molecule has 1 atom stereocenters. The number of carbonyl (C=O) groups is 2. The maximum absolute atomic E-state index is 12.8. The van der Waals surface area contributed by atoms with Gasteiger partial charge in [0.2, 0.25) is 0 Å². The summed E-state index contributed by atoms with van der Waals surface area (Å²) in [7, 11) is 1.33. The largest absolute Gasteiger partial charge is 0.465 e. The lowest BCUT2D eigenvalue weighted by Crippen LogP contribution is -2.27. The molecule has 0 aliphatic rings. The van der Waals surface area contributed by atoms with E-state index in [1.807, 2.05) is 37.3 Å². The van der Waals surface area contributed by atoms with Gasteiger partial charge in [0.05, 0.1) is 18.7 Å². The number of ether oxygens (including phenoxy) is 1. The van der Waals surface area contributed by atoms with Crippen molar-refractivity contribution in [2.75, 3.05) is 7.11 Å². The first kappa shape index (κ1) is 17.7. The predicted molar refractivity (Wildman–Crippen MR) is 101 cm³/mol. The van der Waals surface area contributed by atoms with Crippen molar-refractivity contribution in [3.05, 3.63) is 70.5 Å². The van der Waals surface area contributed by atoms with Gasteiger partial charge < -0.3 is 15.0 Å². The molecule has 26 heavy (non-hydrogen) atoms. The molecular formula is C21H22N2O3. The third-order valence-corrected chi connectivity index (χ3v) is 4.69. The minimum absolute atomic E-state index is 0.182. The van der Waals surface area contributed by atoms with Gasteiger partial charge in [0.25, 0.3) is 5.91 Å². The number of hydrogen-bond acceptors (Lipinski definition) is 3. The van der Waals surface area contributed by atoms with Crippen LogP contribution in [0.4, 0.5) is 0 Å². The first-order valence-electron chi connectivity index (χ1n) is 8.50. The van der Waals surface area contributed by atoms with Crippen LogP contribution in [0.2, 0.25) is 0 Å². The van der Waals surface area contributed by atoms with Gasteiger partial charge in [-0.2, -0.15) is 0 Å². The van der Waals surface area contributed by atoms with Crippen LogP contribution in [0.5, 0.6) is 0 Å². The number of amides is 1. The molecular weight excluding hydrogens is 328 g/mol. The molecule has 0 radical (unpaired) electrons. The van der Waals surface area contributed by atoms with Crippen molar-refractivity contribution in [2.45, 2.75) is 26.8 Å². The number of aryl methyl sites for hydroxylation is 1. The minimum atomic E-state index is -0.447. The van der Waals surface area contributed by atoms with Gasteiger partial charge in [0, 0.05) is 5.69 Å². The maximum Gasteiger partial charge on any atom is 0.339 e. The summed E-state index contributed by atoms with van der Waals surface area (Å²) >= 11 is 0. The van der Waals surface area contributed by atoms with Crippen LogP contribution in [0.15, 0.2) is 42.5 Å². The van der Waals surface area contributed by atoms with E-state index in [1.165, 1.54) is 7.11 Å². The minimum Gasteiger partial charge on any atom is -0.465 e. The summed E-state index contributed by atoms with van der Waals surface area (Å²) in [6, 6.07) is 13.9. The highest BCUT2D eigenvalue weighted by Crippen LogP contribution is 2.25. The number of hydrogen-bond donors (Lipinski definition) is 2. The highest BCUT2D eigenvalue weighted by molar-refractivity contribution is 6.00. The van der Waals surface area contributed by atoms with E-state index in [1.54, 1.807) is 13.8 Å². The Labute approximate surface area is 152 Å². The lowest BCUT2D eigenvalue weighted by Gasteiger charge is -2.16. The van der Waals surface area contributed by atoms with Crippen LogP contribution in [0, 0.1) is 13.8 Å². The molecule has 5 heteroatoms. The predicted octanol–water partition coefficient (Wildman–Crippen LogP) is 4.06. The summed E-state index contributed by atoms with van der Waals surface area (Å²) in [5.74, 6) is -0.696. The standard InChI is InChI=1S/C21H22N2O3/c1-12-18(21(25)26-4)14(3)22-19(12)20(24)23-13(2)16-11-7-9-15-8-5-6-10-17(15)16/h5-11,13,22H,1-4H3,(H,23,24). The molecule has 0 fully saturated rings. The van der Waals surface area contributed by atoms with Crippen LogP contribution < -0.4 is 5.32 Å². The van der Waals surface area contributed by atoms with Gasteiger partial charge in [-0.05, 0) is 42.7 Å². The lowest BCUT2D eigenvalue weighted by molar-refractivity contribution is 0.0599. The molecule has 5 nitrogen and oxygen atoms in total. The SMILES string of the molecule is COC(=O)c1c(C)[nH]c(C(=O)NC(C)c2cccc3ccccc23)c1C. The van der Waals surface area contributed by atoms with Gasteiger partial charge in [0.15, 0.2) is 0 Å². The summed E-state index contributed by atoms with van der Waals surface area (Å²) in [4.78, 5) is 27.7. The molecule has 3 rings (SSSR count). The maximum atomic E-state index is 12.8. The monoisotopic (exact) mass is 350 g/mol. The average Bonchev–Trinajstić information content (AvgIpc) is 2.95. The Morgan fingerprint density at radius 2 is 1.77 bits per heavy atom. The third kappa shape index (κ3) is 3.08. The van der Waals surface area contributed by atoms with E-state index >= 15 is 0 Å². The molecule has 1 amide bonds. The molecule has 0 aliphatic heterocycles. The quantitative estimate of drug-likeness (QED) is 0.697. The summed E-state index contributed by atoms with van der Waals surface area (Å²) in [6.07, 6.45) is 0. The summed E-state index contributed by atoms with van der Waals surface area (Å²) in [5, 5.41) is 5.26. The van der Waals surface area contributed by atoms with E-state index in [4.69, 9.17) is 4.74 Å². The van der Waals surface area contributed by atoms with Crippen molar-refractivity contribution in [3.63, 3.8) is 0 Å². The topological polar surface area (TPSA) is 71.2 Å². The van der Waals surface area contributed by atoms with E-state index in [2.05, 4.69) is 22.4 Å². The van der Waals surface area contributed by atoms with Crippen LogP contribution in [-0.4, -0.2) is 24.0 Å². The van der Waals surface area contributed by atoms with Crippen molar-refractivity contribution in [3.8, 4) is 0 Å². The van der Waals surface area contributed by atoms with Crippen molar-refractivity contribution in [1.29, 1.82) is 0 Å². The molecule has 0 aliphatic carbocycles. The molecule has 0 saturated carbocycles. The van der Waals surface area contributed by atoms with Gasteiger partial charge in [-0.15, -0.1) is 0 Å². The van der Waals surface area contributed by atoms with Gasteiger partial charge in [0.1, 0.15) is 5.69 Å². The first-order valence-corrected chi connectivity index (χ1v) is 8.50. The zero-order valence-electron chi connectivity index (χ0n) is 15.3. The Morgan fingerprint density at radius 3 is 2.50 bits per heavy atom. The summed E-state index contributed by atoms with van der Waals surface area (Å²) in [5.41, 5.74) is 3.06. The number of H-pyrrole nitrogens is 1. The van der Waals surface area contributed by atoms with Crippen LogP contribution >= 0.6 is 0 Å². The number of aromatic nitrogens is 1. The first-order chi connectivity index (χ1) is 12.4. The third-order valence-electron chi connectivity index (χ3n) is 4.69. The zero-order valence-corrected chi connectivity index (χ0v) is 15.3. The van der Waals surface area contributed by atoms with Gasteiger partial charge in [-0.3, -0.25) is 4.79 Å². The number of esters is 1. The molecule has 3 aromatic rings. The molecule has 1 unspecified atom stereocenters. The second kappa shape index (κ2) is 7.04. The van der Waals surface area contributed by atoms with Gasteiger partial charge in [-0.25, -0.2) is 4.79 Å². The zero-order chi connectivity index (χ0) is 18.8. The molecule has 134 valence electrons. The highest BCUT2D eigenvalue weighted by atomic mass is 16.5. The van der Waals surface area contributed by atoms with E-state index in [9.17, 15) is 9.59 Å². The van der Waals surface area contributed by atoms with Crippen LogP contribution in [-0.2, 0) is 4.74 Å². The fraction of sp³-hybridized carbons (Fsp3) is 0.238. The molecule has 0 saturated heterocycles. The number of benzene rings is 2. The Kier molecular flexibility index (Phi) is 4.80. The number of aromatic amines is 1. The Bertz CT molecular complexity index is 983.